The summed E-state index contributed by atoms with van der Waals surface area (Å²) < 4.78 is 0. The third-order valence-electron chi connectivity index (χ3n) is 2.92. The van der Waals surface area contributed by atoms with Crippen molar-refractivity contribution >= 4 is 57.7 Å². The van der Waals surface area contributed by atoms with Gasteiger partial charge >= 0.3 is 0 Å². The number of aliphatic imine (C=N–C) groups is 1. The Kier molecular flexibility index (Phi) is 8.77. The van der Waals surface area contributed by atoms with Crippen LogP contribution in [0.15, 0.2) is 15.8 Å². The van der Waals surface area contributed by atoms with Crippen molar-refractivity contribution in [2.24, 2.45) is 4.99 Å². The Morgan fingerprint density at radius 2 is 1.74 bits per heavy atom. The summed E-state index contributed by atoms with van der Waals surface area (Å²) in [6.07, 6.45) is 0.982. The summed E-state index contributed by atoms with van der Waals surface area (Å²) in [5, 5.41) is 12.9. The number of thiazole rings is 2. The molecule has 0 fully saturated rings. The first-order chi connectivity index (χ1) is 10.6. The molecule has 0 atom stereocenters. The highest BCUT2D eigenvalue weighted by molar-refractivity contribution is 14.0. The van der Waals surface area contributed by atoms with Crippen molar-refractivity contribution in [1.29, 1.82) is 0 Å². The van der Waals surface area contributed by atoms with Crippen LogP contribution in [0.25, 0.3) is 0 Å². The second kappa shape index (κ2) is 10.0. The molecule has 0 unspecified atom stereocenters. The molecule has 0 aliphatic rings. The standard InChI is InChI=1S/C14H22N6S2.HI/c1-5-12-18-10(8-21-12)6-16-13(15-2)17-7-11-9-22-14(19-11)20(3)4;/h8-9H,5-7H2,1-4H3,(H2,15,16,17);1H. The molecule has 0 aliphatic heterocycles. The van der Waals surface area contributed by atoms with Crippen molar-refractivity contribution in [1.82, 2.24) is 20.6 Å². The maximum atomic E-state index is 4.54. The van der Waals surface area contributed by atoms with E-state index in [0.29, 0.717) is 13.1 Å². The molecule has 0 aromatic carbocycles. The van der Waals surface area contributed by atoms with E-state index in [1.807, 2.05) is 19.0 Å². The largest absolute Gasteiger partial charge is 0.354 e. The first-order valence-corrected chi connectivity index (χ1v) is 8.87. The lowest BCUT2D eigenvalue weighted by Gasteiger charge is -2.10. The van der Waals surface area contributed by atoms with Gasteiger partial charge in [-0.1, -0.05) is 6.92 Å². The molecule has 6 nitrogen and oxygen atoms in total. The monoisotopic (exact) mass is 466 g/mol. The molecule has 0 bridgehead atoms. The smallest absolute Gasteiger partial charge is 0.191 e. The average Bonchev–Trinajstić information content (AvgIpc) is 3.16. The van der Waals surface area contributed by atoms with Crippen LogP contribution in [0.1, 0.15) is 23.3 Å². The van der Waals surface area contributed by atoms with Gasteiger partial charge in [0.05, 0.1) is 29.5 Å². The highest BCUT2D eigenvalue weighted by atomic mass is 127. The van der Waals surface area contributed by atoms with Crippen molar-refractivity contribution < 1.29 is 0 Å². The first kappa shape index (κ1) is 20.1. The molecule has 2 heterocycles. The molecular weight excluding hydrogens is 443 g/mol. The quantitative estimate of drug-likeness (QED) is 0.390. The predicted octanol–water partition coefficient (Wildman–Crippen LogP) is 2.71. The summed E-state index contributed by atoms with van der Waals surface area (Å²) in [6.45, 7) is 3.45. The van der Waals surface area contributed by atoms with Crippen LogP contribution in [-0.4, -0.2) is 37.1 Å². The van der Waals surface area contributed by atoms with Gasteiger partial charge in [-0.3, -0.25) is 4.99 Å². The fourth-order valence-corrected chi connectivity index (χ4v) is 3.25. The molecule has 0 spiro atoms. The van der Waals surface area contributed by atoms with Crippen molar-refractivity contribution in [3.05, 3.63) is 27.2 Å². The van der Waals surface area contributed by atoms with E-state index >= 15 is 0 Å². The van der Waals surface area contributed by atoms with Crippen LogP contribution in [-0.2, 0) is 19.5 Å². The molecule has 9 heteroatoms. The first-order valence-electron chi connectivity index (χ1n) is 7.12. The predicted molar refractivity (Wildman–Crippen MR) is 110 cm³/mol. The van der Waals surface area contributed by atoms with Gasteiger partial charge in [-0.2, -0.15) is 0 Å². The third kappa shape index (κ3) is 6.22. The number of hydrogen-bond acceptors (Lipinski definition) is 6. The van der Waals surface area contributed by atoms with Crippen LogP contribution in [0.3, 0.4) is 0 Å². The van der Waals surface area contributed by atoms with Gasteiger partial charge in [0.15, 0.2) is 11.1 Å². The van der Waals surface area contributed by atoms with Crippen molar-refractivity contribution in [2.45, 2.75) is 26.4 Å². The number of halogens is 1. The molecule has 2 aromatic heterocycles. The maximum Gasteiger partial charge on any atom is 0.191 e. The summed E-state index contributed by atoms with van der Waals surface area (Å²) in [4.78, 5) is 15.3. The molecule has 0 saturated carbocycles. The van der Waals surface area contributed by atoms with Crippen molar-refractivity contribution in [3.8, 4) is 0 Å². The Hall–Kier alpha value is -0.940. The van der Waals surface area contributed by atoms with Gasteiger partial charge < -0.3 is 15.5 Å². The van der Waals surface area contributed by atoms with Crippen LogP contribution in [0, 0.1) is 0 Å². The Labute approximate surface area is 162 Å². The topological polar surface area (TPSA) is 65.4 Å². The van der Waals surface area contributed by atoms with Gasteiger partial charge in [0.1, 0.15) is 0 Å². The second-order valence-electron chi connectivity index (χ2n) is 4.88. The fourth-order valence-electron chi connectivity index (χ4n) is 1.74. The van der Waals surface area contributed by atoms with E-state index in [1.54, 1.807) is 29.7 Å². The van der Waals surface area contributed by atoms with Crippen LogP contribution in [0.2, 0.25) is 0 Å². The lowest BCUT2D eigenvalue weighted by atomic mass is 10.4. The Bertz CT molecular complexity index is 622. The number of guanidine groups is 1. The number of anilines is 1. The fraction of sp³-hybridized carbons (Fsp3) is 0.500. The van der Waals surface area contributed by atoms with Crippen molar-refractivity contribution in [3.63, 3.8) is 0 Å². The van der Waals surface area contributed by atoms with Gasteiger partial charge in [-0.15, -0.1) is 46.7 Å². The minimum Gasteiger partial charge on any atom is -0.354 e. The summed E-state index contributed by atoms with van der Waals surface area (Å²) in [6, 6.07) is 0. The number of hydrogen-bond donors (Lipinski definition) is 2. The molecule has 0 aliphatic carbocycles. The zero-order valence-electron chi connectivity index (χ0n) is 13.8. The second-order valence-corrected chi connectivity index (χ2v) is 6.66. The van der Waals surface area contributed by atoms with E-state index < -0.39 is 0 Å². The highest BCUT2D eigenvalue weighted by Gasteiger charge is 2.05. The molecule has 2 N–H and O–H groups in total. The Morgan fingerprint density at radius 1 is 1.13 bits per heavy atom. The van der Waals surface area contributed by atoms with E-state index in [9.17, 15) is 0 Å². The molecule has 0 saturated heterocycles. The van der Waals surface area contributed by atoms with E-state index in [0.717, 1.165) is 28.9 Å². The lowest BCUT2D eigenvalue weighted by Crippen LogP contribution is -2.36. The van der Waals surface area contributed by atoms with Gasteiger partial charge in [-0.25, -0.2) is 9.97 Å². The average molecular weight is 466 g/mol. The summed E-state index contributed by atoms with van der Waals surface area (Å²) in [7, 11) is 5.75. The zero-order chi connectivity index (χ0) is 15.9. The Morgan fingerprint density at radius 3 is 2.22 bits per heavy atom. The van der Waals surface area contributed by atoms with Crippen LogP contribution in [0.4, 0.5) is 5.13 Å². The van der Waals surface area contributed by atoms with E-state index in [-0.39, 0.29) is 24.0 Å². The van der Waals surface area contributed by atoms with E-state index in [1.165, 1.54) is 5.01 Å². The van der Waals surface area contributed by atoms with E-state index in [2.05, 4.69) is 43.3 Å². The van der Waals surface area contributed by atoms with Gasteiger partial charge in [0.25, 0.3) is 0 Å². The van der Waals surface area contributed by atoms with E-state index in [4.69, 9.17) is 0 Å². The number of nitrogens with zero attached hydrogens (tertiary/aromatic N) is 4. The highest BCUT2D eigenvalue weighted by Crippen LogP contribution is 2.17. The normalized spacial score (nSPS) is 11.0. The maximum absolute atomic E-state index is 4.54. The van der Waals surface area contributed by atoms with Crippen LogP contribution in [0.5, 0.6) is 0 Å². The SMILES string of the molecule is CCc1nc(CNC(=NC)NCc2csc(N(C)C)n2)cs1.I. The molecular formula is C14H23IN6S2. The molecule has 0 amide bonds. The van der Waals surface area contributed by atoms with Gasteiger partial charge in [-0.05, 0) is 6.42 Å². The molecule has 128 valence electrons. The van der Waals surface area contributed by atoms with Crippen LogP contribution >= 0.6 is 46.7 Å². The number of nitrogens with one attached hydrogen (secondary N) is 2. The number of aryl methyl sites for hydroxylation is 1. The molecule has 0 radical (unpaired) electrons. The molecule has 2 rings (SSSR count). The molecule has 23 heavy (non-hydrogen) atoms. The van der Waals surface area contributed by atoms with Gasteiger partial charge in [0.2, 0.25) is 0 Å². The summed E-state index contributed by atoms with van der Waals surface area (Å²) >= 11 is 3.34. The number of aromatic nitrogens is 2. The van der Waals surface area contributed by atoms with Gasteiger partial charge in [0, 0.05) is 31.9 Å². The Balaban J connectivity index is 0.00000264. The minimum absolute atomic E-state index is 0. The minimum atomic E-state index is 0. The van der Waals surface area contributed by atoms with Crippen LogP contribution < -0.4 is 15.5 Å². The third-order valence-corrected chi connectivity index (χ3v) is 5.02. The summed E-state index contributed by atoms with van der Waals surface area (Å²) in [5.74, 6) is 0.755. The lowest BCUT2D eigenvalue weighted by molar-refractivity contribution is 0.785. The summed E-state index contributed by atoms with van der Waals surface area (Å²) in [5.41, 5.74) is 2.06. The zero-order valence-corrected chi connectivity index (χ0v) is 17.8. The molecule has 2 aromatic rings. The number of rotatable bonds is 6. The van der Waals surface area contributed by atoms with Crippen molar-refractivity contribution in [2.75, 3.05) is 26.0 Å².